The van der Waals surface area contributed by atoms with E-state index in [-0.39, 0.29) is 58.2 Å². The average molecular weight is 260 g/mol. The first-order valence-corrected chi connectivity index (χ1v) is 4.45. The van der Waals surface area contributed by atoms with Gasteiger partial charge in [-0.25, -0.2) is 4.98 Å². The maximum absolute atomic E-state index is 4.36. The van der Waals surface area contributed by atoms with E-state index >= 15 is 0 Å². The van der Waals surface area contributed by atoms with Gasteiger partial charge in [0.2, 0.25) is 0 Å². The minimum Gasteiger partial charge on any atom is -0.286 e. The molecule has 0 spiro atoms. The largest absolute Gasteiger partial charge is 1.00 e. The molecule has 0 amide bonds. The van der Waals surface area contributed by atoms with E-state index in [0.717, 1.165) is 18.1 Å². The van der Waals surface area contributed by atoms with Crippen LogP contribution >= 0.6 is 0 Å². The van der Waals surface area contributed by atoms with Crippen molar-refractivity contribution in [2.75, 3.05) is 0 Å². The standard InChI is InChI=1S/C10H12N3.Rb/c1-3-9-11-10-5-4-8(2)6-7-13(10)12-9;/h4-7H,3H2,1-2H3;/q-1;+1. The van der Waals surface area contributed by atoms with Gasteiger partial charge in [-0.05, 0) is 0 Å². The fraction of sp³-hybridized carbons (Fsp3) is 0.300. The van der Waals surface area contributed by atoms with Crippen LogP contribution in [0.2, 0.25) is 0 Å². The Morgan fingerprint density at radius 1 is 1.43 bits per heavy atom. The van der Waals surface area contributed by atoms with Crippen LogP contribution in [0.4, 0.5) is 0 Å². The molecule has 0 saturated heterocycles. The van der Waals surface area contributed by atoms with Crippen LogP contribution in [0.5, 0.6) is 0 Å². The molecule has 0 saturated carbocycles. The Balaban J connectivity index is 0.000000980. The van der Waals surface area contributed by atoms with Crippen LogP contribution in [0.15, 0.2) is 12.2 Å². The fourth-order valence-corrected chi connectivity index (χ4v) is 1.20. The molecule has 0 aromatic carbocycles. The summed E-state index contributed by atoms with van der Waals surface area (Å²) in [5, 5.41) is 4.32. The molecule has 0 N–H and O–H groups in total. The van der Waals surface area contributed by atoms with Crippen LogP contribution in [-0.4, -0.2) is 14.8 Å². The molecule has 0 bridgehead atoms. The third kappa shape index (κ3) is 2.66. The normalized spacial score (nSPS) is 13.4. The van der Waals surface area contributed by atoms with Crippen molar-refractivity contribution in [1.82, 2.24) is 14.8 Å². The number of nitrogens with zero attached hydrogens (tertiary/aromatic N) is 3. The fourth-order valence-electron chi connectivity index (χ4n) is 1.20. The van der Waals surface area contributed by atoms with Crippen LogP contribution in [-0.2, 0) is 6.42 Å². The van der Waals surface area contributed by atoms with Gasteiger partial charge in [0.05, 0.1) is 5.82 Å². The maximum atomic E-state index is 4.36. The Morgan fingerprint density at radius 3 is 2.93 bits per heavy atom. The number of fused-ring (bicyclic) bond motifs is 1. The van der Waals surface area contributed by atoms with Crippen molar-refractivity contribution >= 4 is 12.3 Å². The molecule has 1 aliphatic heterocycles. The molecular weight excluding hydrogens is 248 g/mol. The quantitative estimate of drug-likeness (QED) is 0.602. The molecule has 2 heterocycles. The number of aromatic nitrogens is 3. The van der Waals surface area contributed by atoms with E-state index in [9.17, 15) is 0 Å². The molecule has 3 nitrogen and oxygen atoms in total. The van der Waals surface area contributed by atoms with Crippen LogP contribution < -0.4 is 58.2 Å². The van der Waals surface area contributed by atoms with Crippen LogP contribution in [0, 0.1) is 5.92 Å². The molecule has 0 radical (unpaired) electrons. The second-order valence-electron chi connectivity index (χ2n) is 3.08. The summed E-state index contributed by atoms with van der Waals surface area (Å²) in [5.74, 6) is 3.01. The number of rotatable bonds is 1. The van der Waals surface area contributed by atoms with Gasteiger partial charge in [-0.3, -0.25) is 4.68 Å². The van der Waals surface area contributed by atoms with Gasteiger partial charge < -0.3 is 0 Å². The smallest absolute Gasteiger partial charge is 0.286 e. The molecule has 0 aliphatic carbocycles. The van der Waals surface area contributed by atoms with Crippen molar-refractivity contribution in [1.29, 1.82) is 0 Å². The third-order valence-electron chi connectivity index (χ3n) is 1.99. The first kappa shape index (κ1) is 12.4. The molecule has 0 atom stereocenters. The van der Waals surface area contributed by atoms with Crippen molar-refractivity contribution in [3.8, 4) is 0 Å². The monoisotopic (exact) mass is 259 g/mol. The van der Waals surface area contributed by atoms with E-state index in [4.69, 9.17) is 0 Å². The van der Waals surface area contributed by atoms with Gasteiger partial charge >= 0.3 is 58.2 Å². The van der Waals surface area contributed by atoms with Gasteiger partial charge in [0.1, 0.15) is 5.82 Å². The van der Waals surface area contributed by atoms with Crippen LogP contribution in [0.3, 0.4) is 0 Å². The Kier molecular flexibility index (Phi) is 4.77. The van der Waals surface area contributed by atoms with E-state index in [1.54, 1.807) is 0 Å². The molecule has 1 aliphatic rings. The second-order valence-corrected chi connectivity index (χ2v) is 3.08. The molecule has 1 aromatic heterocycles. The first-order chi connectivity index (χ1) is 6.29. The molecule has 14 heavy (non-hydrogen) atoms. The van der Waals surface area contributed by atoms with Gasteiger partial charge in [-0.1, -0.05) is 20.0 Å². The summed E-state index contributed by atoms with van der Waals surface area (Å²) < 4.78 is 1.81. The van der Waals surface area contributed by atoms with Crippen molar-refractivity contribution in [2.24, 2.45) is 0 Å². The summed E-state index contributed by atoms with van der Waals surface area (Å²) in [5.41, 5.74) is 0. The zero-order chi connectivity index (χ0) is 9.26. The Morgan fingerprint density at radius 2 is 2.21 bits per heavy atom. The van der Waals surface area contributed by atoms with Gasteiger partial charge in [0.25, 0.3) is 0 Å². The molecule has 0 fully saturated rings. The summed E-state index contributed by atoms with van der Waals surface area (Å²) >= 11 is 0. The number of aryl methyl sites for hydroxylation is 1. The van der Waals surface area contributed by atoms with Crippen LogP contribution in [0.1, 0.15) is 25.5 Å². The molecule has 4 heteroatoms. The summed E-state index contributed by atoms with van der Waals surface area (Å²) in [7, 11) is 0. The van der Waals surface area contributed by atoms with E-state index < -0.39 is 0 Å². The predicted molar refractivity (Wildman–Crippen MR) is 52.7 cm³/mol. The minimum absolute atomic E-state index is 0. The summed E-state index contributed by atoms with van der Waals surface area (Å²) in [6, 6.07) is 0. The molecule has 1 aromatic rings. The zero-order valence-corrected chi connectivity index (χ0v) is 13.8. The number of allylic oxidation sites excluding steroid dienone is 2. The number of hydrogen-bond donors (Lipinski definition) is 0. The third-order valence-corrected chi connectivity index (χ3v) is 1.99. The van der Waals surface area contributed by atoms with Crippen molar-refractivity contribution in [3.63, 3.8) is 0 Å². The minimum atomic E-state index is 0. The first-order valence-electron chi connectivity index (χ1n) is 4.45. The van der Waals surface area contributed by atoms with E-state index in [0.29, 0.717) is 0 Å². The van der Waals surface area contributed by atoms with Crippen molar-refractivity contribution in [3.05, 3.63) is 29.7 Å². The SMILES string of the molecule is CCc1nc2n(n1)C=C[C-](C)C=C2.[Rb+]. The Bertz CT molecular complexity index is 334. The molecule has 2 rings (SSSR count). The maximum Gasteiger partial charge on any atom is 1.00 e. The summed E-state index contributed by atoms with van der Waals surface area (Å²) in [4.78, 5) is 4.36. The molecule has 0 unspecified atom stereocenters. The topological polar surface area (TPSA) is 30.7 Å². The van der Waals surface area contributed by atoms with E-state index in [1.165, 1.54) is 5.92 Å². The van der Waals surface area contributed by atoms with Gasteiger partial charge in [0, 0.05) is 6.42 Å². The summed E-state index contributed by atoms with van der Waals surface area (Å²) in [6.07, 6.45) is 8.88. The second kappa shape index (κ2) is 5.40. The van der Waals surface area contributed by atoms with Crippen LogP contribution in [0.25, 0.3) is 12.3 Å². The van der Waals surface area contributed by atoms with Crippen molar-refractivity contribution < 1.29 is 58.2 Å². The molecular formula is C10H12N3Rb. The predicted octanol–water partition coefficient (Wildman–Crippen LogP) is -1.06. The van der Waals surface area contributed by atoms with E-state index in [1.807, 2.05) is 29.1 Å². The average Bonchev–Trinajstić information content (AvgIpc) is 2.47. The summed E-state index contributed by atoms with van der Waals surface area (Å²) in [6.45, 7) is 4.11. The van der Waals surface area contributed by atoms with Crippen molar-refractivity contribution in [2.45, 2.75) is 20.3 Å². The van der Waals surface area contributed by atoms with Gasteiger partial charge in [0.15, 0.2) is 0 Å². The zero-order valence-electron chi connectivity index (χ0n) is 8.86. The Labute approximate surface area is 133 Å². The van der Waals surface area contributed by atoms with E-state index in [2.05, 4.69) is 23.9 Å². The number of hydrogen-bond acceptors (Lipinski definition) is 2. The van der Waals surface area contributed by atoms with Gasteiger partial charge in [-0.15, -0.1) is 6.08 Å². The Hall–Kier alpha value is 0.295. The molecule has 68 valence electrons. The van der Waals surface area contributed by atoms with Gasteiger partial charge in [-0.2, -0.15) is 23.2 Å².